The Bertz CT molecular complexity index is 1190. The number of unbranched alkanes of at least 4 members (excludes halogenated alkanes) is 13. The molecule has 0 aromatic heterocycles. The van der Waals surface area contributed by atoms with Crippen LogP contribution in [0.25, 0.3) is 0 Å². The van der Waals surface area contributed by atoms with Gasteiger partial charge in [0.1, 0.15) is 12.6 Å². The van der Waals surface area contributed by atoms with Gasteiger partial charge in [0.2, 0.25) is 11.8 Å². The third-order valence-corrected chi connectivity index (χ3v) is 8.87. The SMILES string of the molecule is NC(=O)N(CCCNC(=O)CC[C@H](NC(=O)CCCCCCCCCCCCCCCCC(=O)O)C(=O)O)CCOCCOCC(=O)ON1C(=O)CCC1=O. The molecule has 0 spiro atoms. The first-order valence-electron chi connectivity index (χ1n) is 19.7. The fourth-order valence-electron chi connectivity index (χ4n) is 5.74. The maximum Gasteiger partial charge on any atom is 0.358 e. The van der Waals surface area contributed by atoms with E-state index in [4.69, 9.17) is 20.3 Å². The van der Waals surface area contributed by atoms with E-state index in [1.165, 1.54) is 43.4 Å². The number of urea groups is 1. The van der Waals surface area contributed by atoms with Crippen LogP contribution in [-0.2, 0) is 47.9 Å². The number of primary amides is 1. The highest BCUT2D eigenvalue weighted by molar-refractivity contribution is 6.01. The molecule has 1 atom stereocenters. The number of hydrogen-bond donors (Lipinski definition) is 5. The highest BCUT2D eigenvalue weighted by Crippen LogP contribution is 2.14. The highest BCUT2D eigenvalue weighted by atomic mass is 16.7. The lowest BCUT2D eigenvalue weighted by atomic mass is 10.0. The van der Waals surface area contributed by atoms with Crippen molar-refractivity contribution in [3.05, 3.63) is 0 Å². The van der Waals surface area contributed by atoms with Gasteiger partial charge in [0.25, 0.3) is 11.8 Å². The standard InChI is InChI=1S/C37H63N5O13/c38-37(52)41(24-25-53-26-27-54-28-35(49)55-42-32(45)20-21-33(42)46)23-15-22-39-30(43)19-18-29(36(50)51)40-31(44)16-13-11-9-7-5-3-1-2-4-6-8-10-12-14-17-34(47)48/h29H,1-28H2,(H2,38,52)(H,39,43)(H,40,44)(H,47,48)(H,50,51)/t29-/m0/s1. The van der Waals surface area contributed by atoms with Crippen molar-refractivity contribution in [3.8, 4) is 0 Å². The first kappa shape index (κ1) is 48.7. The van der Waals surface area contributed by atoms with Gasteiger partial charge in [-0.3, -0.25) is 24.0 Å². The molecule has 0 aromatic rings. The molecule has 0 radical (unpaired) electrons. The number of hydrogen-bond acceptors (Lipinski definition) is 11. The Balaban J connectivity index is 2.05. The lowest BCUT2D eigenvalue weighted by Crippen LogP contribution is -2.42. The molecule has 1 aliphatic rings. The molecule has 0 saturated carbocycles. The summed E-state index contributed by atoms with van der Waals surface area (Å²) >= 11 is 0. The number of aliphatic carboxylic acids is 2. The Morgan fingerprint density at radius 1 is 0.673 bits per heavy atom. The van der Waals surface area contributed by atoms with Crippen LogP contribution in [0.5, 0.6) is 0 Å². The number of carbonyl (C=O) groups excluding carboxylic acids is 6. The fourth-order valence-corrected chi connectivity index (χ4v) is 5.74. The number of ether oxygens (including phenoxy) is 2. The Labute approximate surface area is 323 Å². The van der Waals surface area contributed by atoms with E-state index in [0.29, 0.717) is 17.9 Å². The number of hydroxylamine groups is 2. The van der Waals surface area contributed by atoms with Gasteiger partial charge in [0.05, 0.1) is 19.8 Å². The Hall–Kier alpha value is -4.32. The molecule has 0 aliphatic carbocycles. The molecule has 1 fully saturated rings. The van der Waals surface area contributed by atoms with Crippen LogP contribution < -0.4 is 16.4 Å². The second-order valence-corrected chi connectivity index (χ2v) is 13.6. The third kappa shape index (κ3) is 26.2. The lowest BCUT2D eigenvalue weighted by molar-refractivity contribution is -0.200. The van der Waals surface area contributed by atoms with E-state index >= 15 is 0 Å². The van der Waals surface area contributed by atoms with E-state index in [2.05, 4.69) is 15.5 Å². The normalized spacial score (nSPS) is 13.1. The maximum absolute atomic E-state index is 12.3. The van der Waals surface area contributed by atoms with Crippen LogP contribution in [0.2, 0.25) is 0 Å². The van der Waals surface area contributed by atoms with Gasteiger partial charge in [-0.05, 0) is 25.7 Å². The van der Waals surface area contributed by atoms with E-state index in [0.717, 1.165) is 44.9 Å². The predicted octanol–water partition coefficient (Wildman–Crippen LogP) is 3.19. The van der Waals surface area contributed by atoms with E-state index in [1.54, 1.807) is 0 Å². The van der Waals surface area contributed by atoms with Crippen molar-refractivity contribution in [2.75, 3.05) is 46.1 Å². The molecule has 0 aromatic carbocycles. The second kappa shape index (κ2) is 30.9. The number of carbonyl (C=O) groups is 8. The molecule has 1 aliphatic heterocycles. The number of carboxylic acids is 2. The molecular formula is C37H63N5O13. The number of imide groups is 1. The quantitative estimate of drug-likeness (QED) is 0.0457. The van der Waals surface area contributed by atoms with Gasteiger partial charge >= 0.3 is 23.9 Å². The molecule has 1 rings (SSSR count). The molecule has 55 heavy (non-hydrogen) atoms. The van der Waals surface area contributed by atoms with E-state index in [9.17, 15) is 43.5 Å². The number of nitrogens with zero attached hydrogens (tertiary/aromatic N) is 2. The van der Waals surface area contributed by atoms with Crippen LogP contribution in [-0.4, -0.2) is 120 Å². The van der Waals surface area contributed by atoms with Gasteiger partial charge in [-0.25, -0.2) is 14.4 Å². The predicted molar refractivity (Wildman–Crippen MR) is 198 cm³/mol. The van der Waals surface area contributed by atoms with Gasteiger partial charge in [-0.2, -0.15) is 0 Å². The van der Waals surface area contributed by atoms with Crippen LogP contribution in [0.1, 0.15) is 135 Å². The van der Waals surface area contributed by atoms with Gasteiger partial charge < -0.3 is 45.8 Å². The molecule has 18 heteroatoms. The minimum Gasteiger partial charge on any atom is -0.481 e. The van der Waals surface area contributed by atoms with E-state index < -0.39 is 48.4 Å². The van der Waals surface area contributed by atoms with Gasteiger partial charge in [-0.1, -0.05) is 77.0 Å². The number of carboxylic acid groups (broad SMARTS) is 2. The van der Waals surface area contributed by atoms with Crippen LogP contribution >= 0.6 is 0 Å². The number of amides is 6. The summed E-state index contributed by atoms with van der Waals surface area (Å²) in [5.41, 5.74) is 5.42. The van der Waals surface area contributed by atoms with Crippen LogP contribution in [0, 0.1) is 0 Å². The fraction of sp³-hybridized carbons (Fsp3) is 0.784. The largest absolute Gasteiger partial charge is 0.481 e. The summed E-state index contributed by atoms with van der Waals surface area (Å²) in [6.45, 7) is 0.321. The van der Waals surface area contributed by atoms with Crippen molar-refractivity contribution < 1.29 is 62.9 Å². The zero-order valence-corrected chi connectivity index (χ0v) is 32.2. The summed E-state index contributed by atoms with van der Waals surface area (Å²) in [4.78, 5) is 99.2. The Kier molecular flexibility index (Phi) is 27.4. The minimum atomic E-state index is -1.21. The third-order valence-electron chi connectivity index (χ3n) is 8.87. The van der Waals surface area contributed by atoms with Gasteiger partial charge in [-0.15, -0.1) is 5.06 Å². The maximum atomic E-state index is 12.3. The summed E-state index contributed by atoms with van der Waals surface area (Å²) in [5, 5.41) is 23.8. The van der Waals surface area contributed by atoms with Crippen molar-refractivity contribution >= 4 is 47.6 Å². The summed E-state index contributed by atoms with van der Waals surface area (Å²) in [6, 6.07) is -1.86. The minimum absolute atomic E-state index is 0.0110. The second-order valence-electron chi connectivity index (χ2n) is 13.6. The first-order chi connectivity index (χ1) is 26.4. The van der Waals surface area contributed by atoms with Gasteiger partial charge in [0.15, 0.2) is 0 Å². The Morgan fingerprint density at radius 2 is 1.20 bits per heavy atom. The van der Waals surface area contributed by atoms with Gasteiger partial charge in [0, 0.05) is 51.7 Å². The van der Waals surface area contributed by atoms with Crippen molar-refractivity contribution in [2.24, 2.45) is 5.73 Å². The lowest BCUT2D eigenvalue weighted by Gasteiger charge is -2.20. The zero-order valence-electron chi connectivity index (χ0n) is 32.2. The molecule has 0 bridgehead atoms. The van der Waals surface area contributed by atoms with Crippen molar-refractivity contribution in [3.63, 3.8) is 0 Å². The van der Waals surface area contributed by atoms with Crippen LogP contribution in [0.15, 0.2) is 0 Å². The first-order valence-corrected chi connectivity index (χ1v) is 19.7. The average molecular weight is 786 g/mol. The summed E-state index contributed by atoms with van der Waals surface area (Å²) in [7, 11) is 0. The molecule has 1 saturated heterocycles. The van der Waals surface area contributed by atoms with Crippen molar-refractivity contribution in [2.45, 2.75) is 141 Å². The molecule has 18 nitrogen and oxygen atoms in total. The van der Waals surface area contributed by atoms with Crippen molar-refractivity contribution in [1.29, 1.82) is 0 Å². The molecule has 1 heterocycles. The number of nitrogens with one attached hydrogen (secondary N) is 2. The zero-order chi connectivity index (χ0) is 40.7. The van der Waals surface area contributed by atoms with Crippen molar-refractivity contribution in [1.82, 2.24) is 20.6 Å². The molecular weight excluding hydrogens is 722 g/mol. The molecule has 314 valence electrons. The topological polar surface area (TPSA) is 261 Å². The van der Waals surface area contributed by atoms with Crippen LogP contribution in [0.3, 0.4) is 0 Å². The monoisotopic (exact) mass is 785 g/mol. The average Bonchev–Trinajstić information content (AvgIpc) is 3.45. The van der Waals surface area contributed by atoms with E-state index in [1.807, 2.05) is 0 Å². The van der Waals surface area contributed by atoms with Crippen LogP contribution in [0.4, 0.5) is 4.79 Å². The van der Waals surface area contributed by atoms with E-state index in [-0.39, 0.29) is 89.8 Å². The Morgan fingerprint density at radius 3 is 1.73 bits per heavy atom. The summed E-state index contributed by atoms with van der Waals surface area (Å²) < 4.78 is 10.5. The summed E-state index contributed by atoms with van der Waals surface area (Å²) in [5.74, 6) is -4.75. The number of rotatable bonds is 35. The molecule has 0 unspecified atom stereocenters. The molecule has 6 amide bonds. The summed E-state index contributed by atoms with van der Waals surface area (Å²) in [6.07, 6.45) is 15.6. The molecule has 6 N–H and O–H groups in total. The highest BCUT2D eigenvalue weighted by Gasteiger charge is 2.32. The smallest absolute Gasteiger partial charge is 0.358 e. The number of nitrogens with two attached hydrogens (primary N) is 1.